The fourth-order valence-electron chi connectivity index (χ4n) is 1.16. The summed E-state index contributed by atoms with van der Waals surface area (Å²) < 4.78 is 0. The van der Waals surface area contributed by atoms with Crippen molar-refractivity contribution in [3.8, 4) is 11.8 Å². The average molecular weight is 263 g/mol. The smallest absolute Gasteiger partial charge is 0.183 e. The molecule has 2 aromatic rings. The van der Waals surface area contributed by atoms with Gasteiger partial charge in [0.2, 0.25) is 0 Å². The Morgan fingerprint density at radius 3 is 2.60 bits per heavy atom. The van der Waals surface area contributed by atoms with Crippen molar-refractivity contribution >= 4 is 15.9 Å². The summed E-state index contributed by atoms with van der Waals surface area (Å²) in [5.41, 5.74) is 2.35. The minimum Gasteiger partial charge on any atom is -0.191 e. The molecule has 1 aromatic heterocycles. The Morgan fingerprint density at radius 2 is 2.07 bits per heavy atom. The van der Waals surface area contributed by atoms with Gasteiger partial charge in [-0.05, 0) is 17.7 Å². The molecule has 0 N–H and O–H groups in total. The summed E-state index contributed by atoms with van der Waals surface area (Å²) in [4.78, 5) is 1.44. The van der Waals surface area contributed by atoms with Crippen molar-refractivity contribution in [2.24, 2.45) is 0 Å². The first kappa shape index (κ1) is 9.87. The van der Waals surface area contributed by atoms with Gasteiger partial charge in [-0.1, -0.05) is 28.1 Å². The number of hydrogen-bond acceptors (Lipinski definition) is 3. The van der Waals surface area contributed by atoms with E-state index < -0.39 is 0 Å². The summed E-state index contributed by atoms with van der Waals surface area (Å²) >= 11 is 3.37. The normalized spacial score (nSPS) is 9.87. The molecule has 0 fully saturated rings. The molecule has 0 saturated heterocycles. The van der Waals surface area contributed by atoms with Crippen LogP contribution >= 0.6 is 15.9 Å². The van der Waals surface area contributed by atoms with Gasteiger partial charge in [0.15, 0.2) is 5.69 Å². The standard InChI is InChI=1S/C10H7BrN4/c11-5-8-1-3-10(4-2-8)15-13-7-9(6-12)14-15/h1-4,7H,5H2. The van der Waals surface area contributed by atoms with E-state index in [2.05, 4.69) is 26.1 Å². The van der Waals surface area contributed by atoms with Gasteiger partial charge in [-0.3, -0.25) is 0 Å². The van der Waals surface area contributed by atoms with Crippen LogP contribution in [0.4, 0.5) is 0 Å². The fourth-order valence-corrected chi connectivity index (χ4v) is 1.53. The summed E-state index contributed by atoms with van der Waals surface area (Å²) in [6, 6.07) is 9.74. The maximum atomic E-state index is 8.61. The molecule has 5 heteroatoms. The number of nitriles is 1. The monoisotopic (exact) mass is 262 g/mol. The molecule has 2 rings (SSSR count). The molecule has 0 radical (unpaired) electrons. The van der Waals surface area contributed by atoms with Gasteiger partial charge in [0.1, 0.15) is 6.07 Å². The van der Waals surface area contributed by atoms with Gasteiger partial charge >= 0.3 is 0 Å². The van der Waals surface area contributed by atoms with Crippen molar-refractivity contribution in [1.29, 1.82) is 5.26 Å². The molecule has 4 nitrogen and oxygen atoms in total. The molecule has 0 aliphatic carbocycles. The number of nitrogens with zero attached hydrogens (tertiary/aromatic N) is 4. The van der Waals surface area contributed by atoms with Crippen LogP contribution in [0.5, 0.6) is 0 Å². The Bertz CT molecular complexity index is 495. The molecular formula is C10H7BrN4. The molecule has 0 aliphatic rings. The quantitative estimate of drug-likeness (QED) is 0.779. The number of alkyl halides is 1. The molecule has 0 saturated carbocycles. The van der Waals surface area contributed by atoms with E-state index in [-0.39, 0.29) is 0 Å². The number of hydrogen-bond donors (Lipinski definition) is 0. The van der Waals surface area contributed by atoms with Crippen LogP contribution in [0.15, 0.2) is 30.5 Å². The Hall–Kier alpha value is -1.67. The predicted octanol–water partition coefficient (Wildman–Crippen LogP) is 2.03. The Balaban J connectivity index is 2.33. The van der Waals surface area contributed by atoms with Crippen LogP contribution in [0.1, 0.15) is 11.3 Å². The highest BCUT2D eigenvalue weighted by molar-refractivity contribution is 9.08. The minimum absolute atomic E-state index is 0.319. The lowest BCUT2D eigenvalue weighted by molar-refractivity contribution is 0.749. The van der Waals surface area contributed by atoms with Crippen LogP contribution in [0.25, 0.3) is 5.69 Å². The highest BCUT2D eigenvalue weighted by Gasteiger charge is 2.01. The van der Waals surface area contributed by atoms with Gasteiger partial charge in [0.05, 0.1) is 11.9 Å². The minimum atomic E-state index is 0.319. The number of benzene rings is 1. The van der Waals surface area contributed by atoms with E-state index in [4.69, 9.17) is 5.26 Å². The van der Waals surface area contributed by atoms with Crippen LogP contribution in [-0.2, 0) is 5.33 Å². The molecule has 1 aromatic carbocycles. The van der Waals surface area contributed by atoms with Crippen molar-refractivity contribution in [1.82, 2.24) is 15.0 Å². The van der Waals surface area contributed by atoms with Gasteiger partial charge in [0.25, 0.3) is 0 Å². The number of rotatable bonds is 2. The molecule has 0 aliphatic heterocycles. The Labute approximate surface area is 95.3 Å². The predicted molar refractivity (Wildman–Crippen MR) is 58.7 cm³/mol. The Morgan fingerprint density at radius 1 is 1.33 bits per heavy atom. The van der Waals surface area contributed by atoms with Gasteiger partial charge in [-0.15, -0.1) is 5.10 Å². The van der Waals surface area contributed by atoms with Crippen molar-refractivity contribution in [3.05, 3.63) is 41.7 Å². The fraction of sp³-hybridized carbons (Fsp3) is 0.100. The van der Waals surface area contributed by atoms with E-state index >= 15 is 0 Å². The van der Waals surface area contributed by atoms with E-state index in [0.29, 0.717) is 5.69 Å². The topological polar surface area (TPSA) is 54.5 Å². The largest absolute Gasteiger partial charge is 0.191 e. The van der Waals surface area contributed by atoms with Gasteiger partial charge < -0.3 is 0 Å². The molecule has 0 spiro atoms. The van der Waals surface area contributed by atoms with Crippen LogP contribution in [-0.4, -0.2) is 15.0 Å². The molecule has 0 bridgehead atoms. The highest BCUT2D eigenvalue weighted by Crippen LogP contribution is 2.10. The molecule has 0 amide bonds. The second-order valence-electron chi connectivity index (χ2n) is 2.93. The third-order valence-corrected chi connectivity index (χ3v) is 2.58. The maximum Gasteiger partial charge on any atom is 0.183 e. The zero-order valence-electron chi connectivity index (χ0n) is 7.76. The second-order valence-corrected chi connectivity index (χ2v) is 3.49. The summed E-state index contributed by atoms with van der Waals surface area (Å²) in [5.74, 6) is 0. The van der Waals surface area contributed by atoms with E-state index in [1.807, 2.05) is 30.3 Å². The van der Waals surface area contributed by atoms with E-state index in [1.165, 1.54) is 16.6 Å². The van der Waals surface area contributed by atoms with Crippen LogP contribution in [0, 0.1) is 11.3 Å². The van der Waals surface area contributed by atoms with Crippen molar-refractivity contribution in [3.63, 3.8) is 0 Å². The van der Waals surface area contributed by atoms with Crippen molar-refractivity contribution < 1.29 is 0 Å². The summed E-state index contributed by atoms with van der Waals surface area (Å²) in [6.45, 7) is 0. The van der Waals surface area contributed by atoms with E-state index in [9.17, 15) is 0 Å². The third-order valence-electron chi connectivity index (χ3n) is 1.93. The first-order valence-corrected chi connectivity index (χ1v) is 5.43. The van der Waals surface area contributed by atoms with Crippen molar-refractivity contribution in [2.75, 3.05) is 0 Å². The summed E-state index contributed by atoms with van der Waals surface area (Å²) in [6.07, 6.45) is 1.44. The van der Waals surface area contributed by atoms with Crippen LogP contribution < -0.4 is 0 Å². The molecule has 74 valence electrons. The Kier molecular flexibility index (Phi) is 2.79. The van der Waals surface area contributed by atoms with Gasteiger partial charge in [0, 0.05) is 5.33 Å². The molecule has 0 unspecified atom stereocenters. The number of halogens is 1. The molecule has 0 atom stereocenters. The third kappa shape index (κ3) is 2.05. The van der Waals surface area contributed by atoms with Crippen LogP contribution in [0.2, 0.25) is 0 Å². The lowest BCUT2D eigenvalue weighted by Gasteiger charge is -1.99. The van der Waals surface area contributed by atoms with Crippen molar-refractivity contribution in [2.45, 2.75) is 5.33 Å². The molecular weight excluding hydrogens is 256 g/mol. The zero-order chi connectivity index (χ0) is 10.7. The molecule has 1 heterocycles. The van der Waals surface area contributed by atoms with Gasteiger partial charge in [-0.25, -0.2) is 0 Å². The highest BCUT2D eigenvalue weighted by atomic mass is 79.9. The lowest BCUT2D eigenvalue weighted by Crippen LogP contribution is -1.98. The lowest BCUT2D eigenvalue weighted by atomic mass is 10.2. The van der Waals surface area contributed by atoms with E-state index in [0.717, 1.165) is 11.0 Å². The maximum absolute atomic E-state index is 8.61. The SMILES string of the molecule is N#Cc1cnn(-c2ccc(CBr)cc2)n1. The zero-order valence-corrected chi connectivity index (χ0v) is 9.35. The van der Waals surface area contributed by atoms with Gasteiger partial charge in [-0.2, -0.15) is 15.2 Å². The number of aromatic nitrogens is 3. The molecule has 15 heavy (non-hydrogen) atoms. The van der Waals surface area contributed by atoms with Crippen LogP contribution in [0.3, 0.4) is 0 Å². The first-order valence-electron chi connectivity index (χ1n) is 4.31. The second kappa shape index (κ2) is 4.24. The first-order chi connectivity index (χ1) is 7.33. The summed E-state index contributed by atoms with van der Waals surface area (Å²) in [5, 5.41) is 17.4. The van der Waals surface area contributed by atoms with E-state index in [1.54, 1.807) is 0 Å². The summed E-state index contributed by atoms with van der Waals surface area (Å²) in [7, 11) is 0. The average Bonchev–Trinajstić information content (AvgIpc) is 2.78.